The second-order valence-electron chi connectivity index (χ2n) is 5.85. The van der Waals surface area contributed by atoms with Crippen LogP contribution in [0.3, 0.4) is 0 Å². The molecule has 0 saturated heterocycles. The number of H-pyrrole nitrogens is 1. The van der Waals surface area contributed by atoms with Crippen LogP contribution in [0.1, 0.15) is 5.56 Å². The number of hydrogen-bond acceptors (Lipinski definition) is 4. The number of anilines is 1. The Morgan fingerprint density at radius 3 is 2.81 bits per heavy atom. The van der Waals surface area contributed by atoms with Crippen LogP contribution in [0.25, 0.3) is 22.2 Å². The molecule has 2 aromatic carbocycles. The van der Waals surface area contributed by atoms with Crippen LogP contribution in [0.5, 0.6) is 0 Å². The van der Waals surface area contributed by atoms with Gasteiger partial charge in [-0.15, -0.1) is 23.1 Å². The van der Waals surface area contributed by atoms with Gasteiger partial charge in [0, 0.05) is 32.9 Å². The maximum atomic E-state index is 12.4. The Labute approximate surface area is 159 Å². The first-order chi connectivity index (χ1) is 12.7. The Bertz CT molecular complexity index is 1050. The van der Waals surface area contributed by atoms with E-state index >= 15 is 0 Å². The first-order valence-electron chi connectivity index (χ1n) is 8.18. The highest BCUT2D eigenvalue weighted by Gasteiger charge is 2.11. The zero-order valence-corrected chi connectivity index (χ0v) is 15.8. The molecule has 2 N–H and O–H groups in total. The molecule has 26 heavy (non-hydrogen) atoms. The summed E-state index contributed by atoms with van der Waals surface area (Å²) in [5, 5.41) is 6.58. The monoisotopic (exact) mass is 379 g/mol. The quantitative estimate of drug-likeness (QED) is 0.469. The number of aromatic nitrogens is 2. The molecule has 2 heterocycles. The van der Waals surface area contributed by atoms with Crippen molar-refractivity contribution in [2.24, 2.45) is 0 Å². The normalized spacial score (nSPS) is 11.0. The van der Waals surface area contributed by atoms with Crippen molar-refractivity contribution >= 4 is 45.0 Å². The van der Waals surface area contributed by atoms with Crippen molar-refractivity contribution in [1.29, 1.82) is 0 Å². The molecule has 0 radical (unpaired) electrons. The Hall–Kier alpha value is -2.57. The van der Waals surface area contributed by atoms with E-state index in [1.807, 2.05) is 35.8 Å². The van der Waals surface area contributed by atoms with Gasteiger partial charge in [0.2, 0.25) is 5.91 Å². The van der Waals surface area contributed by atoms with Crippen LogP contribution < -0.4 is 5.32 Å². The molecule has 1 amide bonds. The maximum Gasteiger partial charge on any atom is 0.230 e. The Morgan fingerprint density at radius 2 is 2.00 bits per heavy atom. The van der Waals surface area contributed by atoms with Crippen LogP contribution in [0.2, 0.25) is 0 Å². The van der Waals surface area contributed by atoms with Crippen molar-refractivity contribution in [3.8, 4) is 11.3 Å². The van der Waals surface area contributed by atoms with Crippen molar-refractivity contribution in [2.75, 3.05) is 11.6 Å². The molecular formula is C20H17N3OS2. The van der Waals surface area contributed by atoms with E-state index in [-0.39, 0.29) is 5.91 Å². The topological polar surface area (TPSA) is 57.8 Å². The van der Waals surface area contributed by atoms with Crippen LogP contribution in [0, 0.1) is 0 Å². The van der Waals surface area contributed by atoms with Gasteiger partial charge < -0.3 is 10.3 Å². The number of hydrogen-bond donors (Lipinski definition) is 2. The molecule has 4 nitrogen and oxygen atoms in total. The molecule has 0 aliphatic heterocycles. The average Bonchev–Trinajstić information content (AvgIpc) is 3.29. The number of fused-ring (bicyclic) bond motifs is 1. The molecule has 0 fully saturated rings. The molecule has 0 saturated carbocycles. The lowest BCUT2D eigenvalue weighted by Crippen LogP contribution is -2.13. The van der Waals surface area contributed by atoms with Crippen molar-refractivity contribution in [2.45, 2.75) is 11.3 Å². The summed E-state index contributed by atoms with van der Waals surface area (Å²) in [6.07, 6.45) is 4.27. The number of carbonyl (C=O) groups is 1. The highest BCUT2D eigenvalue weighted by molar-refractivity contribution is 7.98. The van der Waals surface area contributed by atoms with Crippen LogP contribution in [-0.2, 0) is 11.2 Å². The van der Waals surface area contributed by atoms with E-state index in [0.717, 1.165) is 27.7 Å². The summed E-state index contributed by atoms with van der Waals surface area (Å²) in [7, 11) is 0. The number of nitrogens with one attached hydrogen (secondary N) is 2. The van der Waals surface area contributed by atoms with Gasteiger partial charge in [-0.3, -0.25) is 4.79 Å². The van der Waals surface area contributed by atoms with Gasteiger partial charge in [0.15, 0.2) is 5.13 Å². The molecule has 0 bridgehead atoms. The minimum atomic E-state index is -0.0617. The van der Waals surface area contributed by atoms with Gasteiger partial charge in [-0.2, -0.15) is 0 Å². The summed E-state index contributed by atoms with van der Waals surface area (Å²) in [6, 6.07) is 16.2. The summed E-state index contributed by atoms with van der Waals surface area (Å²) in [6.45, 7) is 0. The summed E-state index contributed by atoms with van der Waals surface area (Å²) in [5.74, 6) is -0.0617. The van der Waals surface area contributed by atoms with Crippen molar-refractivity contribution < 1.29 is 4.79 Å². The summed E-state index contributed by atoms with van der Waals surface area (Å²) in [5.41, 5.74) is 3.96. The number of benzene rings is 2. The Balaban J connectivity index is 1.45. The molecule has 4 aromatic rings. The number of para-hydroxylation sites is 1. The van der Waals surface area contributed by atoms with Crippen molar-refractivity contribution in [1.82, 2.24) is 9.97 Å². The molecule has 6 heteroatoms. The Kier molecular flexibility index (Phi) is 4.77. The summed E-state index contributed by atoms with van der Waals surface area (Å²) < 4.78 is 0. The molecule has 0 spiro atoms. The fourth-order valence-corrected chi connectivity index (χ4v) is 3.98. The molecule has 0 unspecified atom stereocenters. The van der Waals surface area contributed by atoms with Gasteiger partial charge >= 0.3 is 0 Å². The number of amides is 1. The van der Waals surface area contributed by atoms with Gasteiger partial charge in [-0.1, -0.05) is 30.3 Å². The van der Waals surface area contributed by atoms with E-state index in [9.17, 15) is 4.79 Å². The van der Waals surface area contributed by atoms with Crippen molar-refractivity contribution in [3.05, 3.63) is 65.7 Å². The minimum absolute atomic E-state index is 0.0617. The van der Waals surface area contributed by atoms with Gasteiger partial charge in [-0.25, -0.2) is 4.98 Å². The van der Waals surface area contributed by atoms with Gasteiger partial charge in [-0.05, 0) is 30.0 Å². The number of nitrogens with zero attached hydrogens (tertiary/aromatic N) is 1. The SMILES string of the molecule is CSc1ccc(-c2csc(NC(=O)Cc3c[nH]c4ccccc34)n2)cc1. The third kappa shape index (κ3) is 3.52. The van der Waals surface area contributed by atoms with E-state index in [4.69, 9.17) is 0 Å². The lowest BCUT2D eigenvalue weighted by Gasteiger charge is -2.01. The zero-order valence-electron chi connectivity index (χ0n) is 14.2. The van der Waals surface area contributed by atoms with E-state index in [2.05, 4.69) is 45.8 Å². The molecule has 2 aromatic heterocycles. The molecule has 130 valence electrons. The number of rotatable bonds is 5. The van der Waals surface area contributed by atoms with E-state index in [1.165, 1.54) is 16.2 Å². The largest absolute Gasteiger partial charge is 0.361 e. The van der Waals surface area contributed by atoms with Gasteiger partial charge in [0.1, 0.15) is 0 Å². The van der Waals surface area contributed by atoms with E-state index in [1.54, 1.807) is 11.8 Å². The van der Waals surface area contributed by atoms with Crippen LogP contribution in [0.4, 0.5) is 5.13 Å². The molecule has 0 aliphatic rings. The van der Waals surface area contributed by atoms with Crippen LogP contribution in [0.15, 0.2) is 65.0 Å². The van der Waals surface area contributed by atoms with Crippen LogP contribution >= 0.6 is 23.1 Å². The number of thioether (sulfide) groups is 1. The number of thiazole rings is 1. The molecular weight excluding hydrogens is 362 g/mol. The smallest absolute Gasteiger partial charge is 0.230 e. The molecule has 0 aliphatic carbocycles. The predicted octanol–water partition coefficient (Wildman–Crippen LogP) is 5.19. The highest BCUT2D eigenvalue weighted by atomic mass is 32.2. The fourth-order valence-electron chi connectivity index (χ4n) is 2.84. The fraction of sp³-hybridized carbons (Fsp3) is 0.100. The van der Waals surface area contributed by atoms with Gasteiger partial charge in [0.25, 0.3) is 0 Å². The van der Waals surface area contributed by atoms with E-state index < -0.39 is 0 Å². The predicted molar refractivity (Wildman–Crippen MR) is 110 cm³/mol. The average molecular weight is 380 g/mol. The maximum absolute atomic E-state index is 12.4. The summed E-state index contributed by atoms with van der Waals surface area (Å²) in [4.78, 5) is 21.3. The molecule has 4 rings (SSSR count). The number of aromatic amines is 1. The van der Waals surface area contributed by atoms with Crippen LogP contribution in [-0.4, -0.2) is 22.1 Å². The second kappa shape index (κ2) is 7.35. The highest BCUT2D eigenvalue weighted by Crippen LogP contribution is 2.27. The lowest BCUT2D eigenvalue weighted by molar-refractivity contribution is -0.115. The second-order valence-corrected chi connectivity index (χ2v) is 7.59. The molecule has 0 atom stereocenters. The first-order valence-corrected chi connectivity index (χ1v) is 10.3. The third-order valence-electron chi connectivity index (χ3n) is 4.16. The van der Waals surface area contributed by atoms with Crippen molar-refractivity contribution in [3.63, 3.8) is 0 Å². The Morgan fingerprint density at radius 1 is 1.19 bits per heavy atom. The van der Waals surface area contributed by atoms with E-state index in [0.29, 0.717) is 11.6 Å². The zero-order chi connectivity index (χ0) is 17.9. The summed E-state index contributed by atoms with van der Waals surface area (Å²) >= 11 is 3.15. The number of carbonyl (C=O) groups excluding carboxylic acids is 1. The minimum Gasteiger partial charge on any atom is -0.361 e. The standard InChI is InChI=1S/C20H17N3OS2/c1-25-15-8-6-13(7-9-15)18-12-26-20(22-18)23-19(24)10-14-11-21-17-5-3-2-4-16(14)17/h2-9,11-12,21H,10H2,1H3,(H,22,23,24). The third-order valence-corrected chi connectivity index (χ3v) is 5.66. The van der Waals surface area contributed by atoms with Gasteiger partial charge in [0.05, 0.1) is 12.1 Å². The first kappa shape index (κ1) is 16.9. The lowest BCUT2D eigenvalue weighted by atomic mass is 10.1.